The molecule has 66 valence electrons. The van der Waals surface area contributed by atoms with Crippen LogP contribution in [0.3, 0.4) is 0 Å². The van der Waals surface area contributed by atoms with E-state index in [1.54, 1.807) is 0 Å². The van der Waals surface area contributed by atoms with Crippen LogP contribution in [0.15, 0.2) is 12.7 Å². The van der Waals surface area contributed by atoms with Gasteiger partial charge in [-0.2, -0.15) is 12.6 Å². The Hall–Kier alpha value is 0.887. The Morgan fingerprint density at radius 1 is 1.64 bits per heavy atom. The van der Waals surface area contributed by atoms with Gasteiger partial charge in [0.2, 0.25) is 0 Å². The molecular weight excluding hydrogens is 215 g/mol. The van der Waals surface area contributed by atoms with Gasteiger partial charge in [-0.1, -0.05) is 19.4 Å². The van der Waals surface area contributed by atoms with Crippen molar-refractivity contribution in [1.29, 1.82) is 0 Å². The average molecular weight is 229 g/mol. The van der Waals surface area contributed by atoms with E-state index in [1.165, 1.54) is 0 Å². The molecule has 2 atom stereocenters. The Morgan fingerprint density at radius 3 is 2.45 bits per heavy atom. The second-order valence-electron chi connectivity index (χ2n) is 2.52. The van der Waals surface area contributed by atoms with E-state index in [1.807, 2.05) is 6.08 Å². The summed E-state index contributed by atoms with van der Waals surface area (Å²) < 4.78 is -0.144. The minimum absolute atomic E-state index is 0.144. The van der Waals surface area contributed by atoms with Gasteiger partial charge < -0.3 is 0 Å². The lowest BCUT2D eigenvalue weighted by Gasteiger charge is -2.18. The molecule has 0 aliphatic heterocycles. The molecule has 0 aliphatic rings. The lowest BCUT2D eigenvalue weighted by atomic mass is 10.2. The quantitative estimate of drug-likeness (QED) is 0.318. The molecule has 0 nitrogen and oxygen atoms in total. The maximum absolute atomic E-state index is 5.71. The zero-order valence-electron chi connectivity index (χ0n) is 6.63. The van der Waals surface area contributed by atoms with E-state index in [0.717, 1.165) is 6.42 Å². The van der Waals surface area contributed by atoms with Gasteiger partial charge in [-0.25, -0.2) is 0 Å². The van der Waals surface area contributed by atoms with Gasteiger partial charge in [0.05, 0.1) is 14.0 Å². The summed E-state index contributed by atoms with van der Waals surface area (Å²) in [7, 11) is -0.415. The highest BCUT2D eigenvalue weighted by Gasteiger charge is 2.16. The summed E-state index contributed by atoms with van der Waals surface area (Å²) in [5.41, 5.74) is 0.579. The van der Waals surface area contributed by atoms with Crippen LogP contribution in [0.4, 0.5) is 0 Å². The number of hydrogen-bond donors (Lipinski definition) is 1. The first-order chi connectivity index (χ1) is 5.11. The molecule has 0 amide bonds. The predicted octanol–water partition coefficient (Wildman–Crippen LogP) is 2.60. The normalized spacial score (nSPS) is 17.5. The fourth-order valence-corrected chi connectivity index (χ4v) is 4.18. The first-order valence-electron chi connectivity index (χ1n) is 3.70. The molecule has 0 rings (SSSR count). The minimum Gasteiger partial charge on any atom is -0.172 e. The summed E-state index contributed by atoms with van der Waals surface area (Å²) in [5, 5.41) is 0.270. The Kier molecular flexibility index (Phi) is 6.92. The molecule has 11 heavy (non-hydrogen) atoms. The number of hydrogen-bond acceptors (Lipinski definition) is 1. The van der Waals surface area contributed by atoms with Crippen LogP contribution in [0.25, 0.3) is 0 Å². The zero-order chi connectivity index (χ0) is 8.85. The molecule has 0 fully saturated rings. The molecule has 0 aromatic rings. The van der Waals surface area contributed by atoms with Crippen molar-refractivity contribution in [3.63, 3.8) is 0 Å². The molecule has 0 spiro atoms. The Morgan fingerprint density at radius 2 is 2.18 bits per heavy atom. The lowest BCUT2D eigenvalue weighted by Crippen LogP contribution is -2.18. The molecule has 0 bridgehead atoms. The average Bonchev–Trinajstić information content (AvgIpc) is 1.98. The van der Waals surface area contributed by atoms with Gasteiger partial charge in [-0.3, -0.25) is 0 Å². The van der Waals surface area contributed by atoms with E-state index in [9.17, 15) is 0 Å². The van der Waals surface area contributed by atoms with E-state index in [4.69, 9.17) is 23.2 Å². The smallest absolute Gasteiger partial charge is 0.0911 e. The van der Waals surface area contributed by atoms with E-state index >= 15 is 0 Å². The summed E-state index contributed by atoms with van der Waals surface area (Å²) in [6.45, 7) is 5.84. The van der Waals surface area contributed by atoms with E-state index in [2.05, 4.69) is 26.1 Å². The second-order valence-corrected chi connectivity index (χ2v) is 7.77. The molecule has 0 N–H and O–H groups in total. The van der Waals surface area contributed by atoms with Crippen LogP contribution in [-0.4, -0.2) is 19.2 Å². The Balaban J connectivity index is 3.83. The summed E-state index contributed by atoms with van der Waals surface area (Å²) in [5.74, 6) is 0. The van der Waals surface area contributed by atoms with E-state index in [0.29, 0.717) is 5.54 Å². The van der Waals surface area contributed by atoms with Crippen LogP contribution in [0.5, 0.6) is 0 Å². The molecule has 0 radical (unpaired) electrons. The molecule has 2 unspecified atom stereocenters. The summed E-state index contributed by atoms with van der Waals surface area (Å²) in [4.78, 5) is 0. The van der Waals surface area contributed by atoms with E-state index in [-0.39, 0.29) is 9.71 Å². The third-order valence-corrected chi connectivity index (χ3v) is 5.88. The third kappa shape index (κ3) is 5.18. The van der Waals surface area contributed by atoms with Crippen LogP contribution < -0.4 is 0 Å². The van der Waals surface area contributed by atoms with Gasteiger partial charge in [0.1, 0.15) is 0 Å². The lowest BCUT2D eigenvalue weighted by molar-refractivity contribution is 0.817. The van der Waals surface area contributed by atoms with Crippen molar-refractivity contribution >= 4 is 45.4 Å². The fraction of sp³-hybridized carbons (Fsp3) is 0.714. The van der Waals surface area contributed by atoms with Crippen molar-refractivity contribution in [2.24, 2.45) is 0 Å². The molecule has 0 saturated heterocycles. The van der Waals surface area contributed by atoms with Crippen LogP contribution in [0, 0.1) is 0 Å². The van der Waals surface area contributed by atoms with Gasteiger partial charge in [0, 0.05) is 5.25 Å². The van der Waals surface area contributed by atoms with Crippen LogP contribution in [0.2, 0.25) is 5.54 Å². The highest BCUT2D eigenvalue weighted by molar-refractivity contribution is 7.81. The molecule has 0 aromatic heterocycles. The van der Waals surface area contributed by atoms with Crippen molar-refractivity contribution in [1.82, 2.24) is 0 Å². The first kappa shape index (κ1) is 11.9. The fourth-order valence-electron chi connectivity index (χ4n) is 0.969. The molecule has 0 aromatic carbocycles. The monoisotopic (exact) mass is 228 g/mol. The first-order valence-corrected chi connectivity index (χ1v) is 6.72. The largest absolute Gasteiger partial charge is 0.172 e. The Bertz CT molecular complexity index is 119. The molecule has 0 saturated carbocycles. The number of thiol groups is 1. The van der Waals surface area contributed by atoms with Crippen LogP contribution >= 0.6 is 35.8 Å². The van der Waals surface area contributed by atoms with Gasteiger partial charge in [-0.15, -0.1) is 29.8 Å². The number of alkyl halides is 2. The maximum Gasteiger partial charge on any atom is 0.0911 e. The summed E-state index contributed by atoms with van der Waals surface area (Å²) >= 11 is 15.8. The Labute approximate surface area is 86.6 Å². The standard InChI is InChI=1S/C7H14Cl2SSi/c1-3-5(10)6(4-2)11-7(8)9/h3,5-7,10H,1,4,11H2,2H3. The topological polar surface area (TPSA) is 0 Å². The molecule has 0 heterocycles. The van der Waals surface area contributed by atoms with Gasteiger partial charge in [0.15, 0.2) is 0 Å². The molecule has 0 aliphatic carbocycles. The highest BCUT2D eigenvalue weighted by Crippen LogP contribution is 2.23. The van der Waals surface area contributed by atoms with E-state index < -0.39 is 9.52 Å². The van der Waals surface area contributed by atoms with Crippen molar-refractivity contribution in [2.45, 2.75) is 28.6 Å². The number of halogens is 2. The highest BCUT2D eigenvalue weighted by atomic mass is 35.5. The van der Waals surface area contributed by atoms with Crippen LogP contribution in [0.1, 0.15) is 13.3 Å². The predicted molar refractivity (Wildman–Crippen MR) is 61.1 cm³/mol. The SMILES string of the molecule is C=CC(S)C(CC)[SiH2]C(Cl)Cl. The van der Waals surface area contributed by atoms with Crippen molar-refractivity contribution < 1.29 is 0 Å². The van der Waals surface area contributed by atoms with Crippen LogP contribution in [-0.2, 0) is 0 Å². The van der Waals surface area contributed by atoms with Crippen molar-refractivity contribution in [3.8, 4) is 0 Å². The van der Waals surface area contributed by atoms with Gasteiger partial charge >= 0.3 is 0 Å². The van der Waals surface area contributed by atoms with Crippen molar-refractivity contribution in [3.05, 3.63) is 12.7 Å². The molecule has 4 heteroatoms. The third-order valence-electron chi connectivity index (χ3n) is 1.73. The summed E-state index contributed by atoms with van der Waals surface area (Å²) in [6, 6.07) is 0. The maximum atomic E-state index is 5.71. The van der Waals surface area contributed by atoms with Gasteiger partial charge in [0.25, 0.3) is 0 Å². The van der Waals surface area contributed by atoms with Gasteiger partial charge in [-0.05, 0) is 5.54 Å². The minimum atomic E-state index is -0.415. The van der Waals surface area contributed by atoms with Crippen molar-refractivity contribution in [2.75, 3.05) is 0 Å². The zero-order valence-corrected chi connectivity index (χ0v) is 10.5. The molecular formula is C7H14Cl2SSi. The summed E-state index contributed by atoms with van der Waals surface area (Å²) in [6.07, 6.45) is 2.96. The second kappa shape index (κ2) is 6.41. The number of rotatable bonds is 5.